The van der Waals surface area contributed by atoms with Gasteiger partial charge in [-0.05, 0) is 115 Å². The van der Waals surface area contributed by atoms with Crippen LogP contribution in [0.2, 0.25) is 0 Å². The van der Waals surface area contributed by atoms with Gasteiger partial charge < -0.3 is 4.42 Å². The monoisotopic (exact) mass is 710 g/mol. The Morgan fingerprint density at radius 1 is 0.264 bits per heavy atom. The van der Waals surface area contributed by atoms with Crippen molar-refractivity contribution in [1.82, 2.24) is 0 Å². The molecule has 2 heterocycles. The smallest absolute Gasteiger partial charge is 0.135 e. The van der Waals surface area contributed by atoms with Crippen LogP contribution in [0.5, 0.6) is 0 Å². The van der Waals surface area contributed by atoms with E-state index in [2.05, 4.69) is 182 Å². The molecule has 1 aliphatic rings. The number of benzene rings is 9. The number of rotatable bonds is 4. The largest absolute Gasteiger partial charge is 0.456 e. The molecule has 9 aromatic carbocycles. The van der Waals surface area contributed by atoms with Crippen LogP contribution in [-0.4, -0.2) is 0 Å². The molecule has 3 heteroatoms. The van der Waals surface area contributed by atoms with Crippen molar-refractivity contribution < 1.29 is 4.42 Å². The lowest BCUT2D eigenvalue weighted by atomic mass is 9.86. The normalized spacial score (nSPS) is 12.4. The highest BCUT2D eigenvalue weighted by molar-refractivity contribution is 8.05. The van der Waals surface area contributed by atoms with Crippen molar-refractivity contribution >= 4 is 67.0 Å². The van der Waals surface area contributed by atoms with Crippen molar-refractivity contribution in [3.63, 3.8) is 0 Å². The molecule has 0 saturated heterocycles. The van der Waals surface area contributed by atoms with Crippen LogP contribution in [0, 0.1) is 0 Å². The van der Waals surface area contributed by atoms with Gasteiger partial charge in [-0.25, -0.2) is 0 Å². The zero-order valence-corrected chi connectivity index (χ0v) is 30.2. The van der Waals surface area contributed by atoms with Crippen molar-refractivity contribution in [2.75, 3.05) is 0 Å². The number of hydrogen-bond acceptors (Lipinski definition) is 3. The molecule has 1 aromatic heterocycles. The Morgan fingerprint density at radius 3 is 1.21 bits per heavy atom. The molecule has 0 spiro atoms. The molecule has 0 unspecified atom stereocenters. The molecule has 1 nitrogen and oxygen atoms in total. The van der Waals surface area contributed by atoms with Crippen LogP contribution in [0.15, 0.2) is 206 Å². The molecule has 10 aromatic rings. The molecule has 53 heavy (non-hydrogen) atoms. The van der Waals surface area contributed by atoms with Crippen LogP contribution >= 0.6 is 23.5 Å². The fourth-order valence-corrected chi connectivity index (χ4v) is 10.3. The zero-order valence-electron chi connectivity index (χ0n) is 28.5. The van der Waals surface area contributed by atoms with Crippen molar-refractivity contribution in [2.24, 2.45) is 0 Å². The predicted octanol–water partition coefficient (Wildman–Crippen LogP) is 15.2. The molecular formula is C50H30OS2. The molecule has 0 aliphatic carbocycles. The number of hydrogen-bond donors (Lipinski definition) is 0. The fourth-order valence-electron chi connectivity index (χ4n) is 8.04. The summed E-state index contributed by atoms with van der Waals surface area (Å²) in [6.45, 7) is 0. The molecule has 0 N–H and O–H groups in total. The first-order valence-corrected chi connectivity index (χ1v) is 19.5. The molecule has 1 aliphatic heterocycles. The van der Waals surface area contributed by atoms with E-state index in [1.807, 2.05) is 23.5 Å². The minimum Gasteiger partial charge on any atom is -0.456 e. The van der Waals surface area contributed by atoms with Gasteiger partial charge in [0.25, 0.3) is 0 Å². The van der Waals surface area contributed by atoms with Gasteiger partial charge in [0.1, 0.15) is 11.2 Å². The summed E-state index contributed by atoms with van der Waals surface area (Å²) in [4.78, 5) is 5.18. The van der Waals surface area contributed by atoms with E-state index in [-0.39, 0.29) is 0 Å². The van der Waals surface area contributed by atoms with Crippen LogP contribution in [-0.2, 0) is 0 Å². The Morgan fingerprint density at radius 2 is 0.660 bits per heavy atom. The van der Waals surface area contributed by atoms with Gasteiger partial charge in [-0.1, -0.05) is 157 Å². The summed E-state index contributed by atoms with van der Waals surface area (Å²) < 4.78 is 6.27. The second-order valence-electron chi connectivity index (χ2n) is 13.6. The standard InChI is InChI=1S/C50H30OS2/c1-3-11-31(12-4-1)33-19-23-43-41(27-33)42-28-34(20-24-44(42)51-43)35-21-25-45-47(29-35)52-46-26-22-36(30-48(46)53-45)50-39-17-9-7-15-37(39)49(32-13-5-2-6-14-32)38-16-8-10-18-40(38)50/h1-30H. The van der Waals surface area contributed by atoms with Gasteiger partial charge in [0.2, 0.25) is 0 Å². The van der Waals surface area contributed by atoms with Crippen molar-refractivity contribution in [2.45, 2.75) is 19.6 Å². The van der Waals surface area contributed by atoms with Crippen molar-refractivity contribution in [3.05, 3.63) is 182 Å². The minimum absolute atomic E-state index is 0.914. The first kappa shape index (κ1) is 30.6. The molecular weight excluding hydrogens is 681 g/mol. The summed E-state index contributed by atoms with van der Waals surface area (Å²) >= 11 is 3.75. The quantitative estimate of drug-likeness (QED) is 0.169. The maximum atomic E-state index is 6.27. The molecule has 248 valence electrons. The molecule has 0 atom stereocenters. The van der Waals surface area contributed by atoms with Gasteiger partial charge in [-0.3, -0.25) is 0 Å². The predicted molar refractivity (Wildman–Crippen MR) is 225 cm³/mol. The fraction of sp³-hybridized carbons (Fsp3) is 0. The minimum atomic E-state index is 0.914. The molecule has 0 saturated carbocycles. The summed E-state index contributed by atoms with van der Waals surface area (Å²) in [6.07, 6.45) is 0. The first-order chi connectivity index (χ1) is 26.2. The van der Waals surface area contributed by atoms with Crippen LogP contribution in [0.1, 0.15) is 0 Å². The molecule has 0 bridgehead atoms. The van der Waals surface area contributed by atoms with Crippen LogP contribution in [0.3, 0.4) is 0 Å². The van der Waals surface area contributed by atoms with Gasteiger partial charge in [0.05, 0.1) is 0 Å². The maximum Gasteiger partial charge on any atom is 0.135 e. The SMILES string of the molecule is c1ccc(-c2ccc3oc4ccc(-c5ccc6c(c5)Sc5ccc(-c7c8ccccc8c(-c8ccccc8)c8ccccc78)cc5S6)cc4c3c2)cc1. The van der Waals surface area contributed by atoms with Gasteiger partial charge in [-0.15, -0.1) is 0 Å². The highest BCUT2D eigenvalue weighted by atomic mass is 32.2. The summed E-state index contributed by atoms with van der Waals surface area (Å²) in [7, 11) is 0. The van der Waals surface area contributed by atoms with Gasteiger partial charge >= 0.3 is 0 Å². The molecule has 11 rings (SSSR count). The Balaban J connectivity index is 0.967. The van der Waals surface area contributed by atoms with Crippen LogP contribution in [0.25, 0.3) is 88.0 Å². The van der Waals surface area contributed by atoms with Gasteiger partial charge in [0, 0.05) is 30.4 Å². The lowest BCUT2D eigenvalue weighted by Crippen LogP contribution is -1.93. The first-order valence-electron chi connectivity index (χ1n) is 17.9. The topological polar surface area (TPSA) is 13.1 Å². The van der Waals surface area contributed by atoms with E-state index < -0.39 is 0 Å². The highest BCUT2D eigenvalue weighted by Crippen LogP contribution is 2.52. The summed E-state index contributed by atoms with van der Waals surface area (Å²) in [5, 5.41) is 7.41. The van der Waals surface area contributed by atoms with Crippen LogP contribution < -0.4 is 0 Å². The lowest BCUT2D eigenvalue weighted by Gasteiger charge is -2.21. The Kier molecular flexibility index (Phi) is 7.11. The third kappa shape index (κ3) is 5.11. The van der Waals surface area contributed by atoms with Gasteiger partial charge in [-0.2, -0.15) is 0 Å². The van der Waals surface area contributed by atoms with Crippen LogP contribution in [0.4, 0.5) is 0 Å². The maximum absolute atomic E-state index is 6.27. The molecule has 0 fully saturated rings. The Bertz CT molecular complexity index is 2990. The van der Waals surface area contributed by atoms with E-state index in [1.54, 1.807) is 0 Å². The number of furan rings is 1. The van der Waals surface area contributed by atoms with E-state index >= 15 is 0 Å². The number of fused-ring (bicyclic) bond motifs is 7. The van der Waals surface area contributed by atoms with E-state index in [9.17, 15) is 0 Å². The van der Waals surface area contributed by atoms with E-state index in [0.717, 1.165) is 21.9 Å². The summed E-state index contributed by atoms with van der Waals surface area (Å²) in [5.74, 6) is 0. The van der Waals surface area contributed by atoms with Crippen molar-refractivity contribution in [1.29, 1.82) is 0 Å². The third-order valence-corrected chi connectivity index (χ3v) is 13.0. The van der Waals surface area contributed by atoms with Gasteiger partial charge in [0.15, 0.2) is 0 Å². The lowest BCUT2D eigenvalue weighted by molar-refractivity contribution is 0.669. The molecule has 0 radical (unpaired) electrons. The average Bonchev–Trinajstić information content (AvgIpc) is 3.59. The highest BCUT2D eigenvalue weighted by Gasteiger charge is 2.22. The molecule has 0 amide bonds. The van der Waals surface area contributed by atoms with E-state index in [0.29, 0.717) is 0 Å². The average molecular weight is 711 g/mol. The van der Waals surface area contributed by atoms with Crippen molar-refractivity contribution in [3.8, 4) is 44.5 Å². The third-order valence-electron chi connectivity index (χ3n) is 10.5. The summed E-state index contributed by atoms with van der Waals surface area (Å²) in [6, 6.07) is 66.2. The zero-order chi connectivity index (χ0) is 34.9. The summed E-state index contributed by atoms with van der Waals surface area (Å²) in [5.41, 5.74) is 11.7. The van der Waals surface area contributed by atoms with E-state index in [4.69, 9.17) is 4.42 Å². The second-order valence-corrected chi connectivity index (χ2v) is 15.8. The second kappa shape index (κ2) is 12.3. The van der Waals surface area contributed by atoms with E-state index in [1.165, 1.54) is 85.6 Å². The Labute approximate surface area is 315 Å². The Hall–Kier alpha value is -6.00.